The number of ketones is 1. The van der Waals surface area contributed by atoms with Crippen LogP contribution in [0.25, 0.3) is 0 Å². The third-order valence-corrected chi connectivity index (χ3v) is 3.63. The Morgan fingerprint density at radius 2 is 2.00 bits per heavy atom. The highest BCUT2D eigenvalue weighted by Gasteiger charge is 2.23. The lowest BCUT2D eigenvalue weighted by atomic mass is 9.92. The summed E-state index contributed by atoms with van der Waals surface area (Å²) in [7, 11) is 0. The van der Waals surface area contributed by atoms with E-state index in [0.29, 0.717) is 11.8 Å². The average Bonchev–Trinajstić information content (AvgIpc) is 2.33. The van der Waals surface area contributed by atoms with E-state index in [4.69, 9.17) is 0 Å². The van der Waals surface area contributed by atoms with Crippen LogP contribution in [0.4, 0.5) is 5.69 Å². The van der Waals surface area contributed by atoms with Crippen molar-refractivity contribution in [1.82, 2.24) is 0 Å². The number of hydrogen-bond donors (Lipinski definition) is 0. The predicted molar refractivity (Wildman–Crippen MR) is 71.5 cm³/mol. The Morgan fingerprint density at radius 1 is 1.29 bits per heavy atom. The van der Waals surface area contributed by atoms with Crippen LogP contribution in [0.2, 0.25) is 0 Å². The normalized spacial score (nSPS) is 17.2. The molecule has 17 heavy (non-hydrogen) atoms. The second-order valence-electron chi connectivity index (χ2n) is 4.89. The van der Waals surface area contributed by atoms with Crippen molar-refractivity contribution in [3.8, 4) is 0 Å². The molecule has 0 bridgehead atoms. The molecule has 0 atom stereocenters. The van der Waals surface area contributed by atoms with Gasteiger partial charge in [0.2, 0.25) is 0 Å². The number of anilines is 1. The van der Waals surface area contributed by atoms with Crippen LogP contribution < -0.4 is 4.90 Å². The van der Waals surface area contributed by atoms with E-state index < -0.39 is 0 Å². The van der Waals surface area contributed by atoms with E-state index in [0.717, 1.165) is 32.2 Å². The maximum absolute atomic E-state index is 11.3. The summed E-state index contributed by atoms with van der Waals surface area (Å²) in [6.07, 6.45) is 3.54. The van der Waals surface area contributed by atoms with Gasteiger partial charge in [0.1, 0.15) is 5.78 Å². The molecule has 92 valence electrons. The Kier molecular flexibility index (Phi) is 3.82. The Balaban J connectivity index is 2.13. The molecular formula is C15H21NO. The molecule has 1 aliphatic rings. The topological polar surface area (TPSA) is 20.3 Å². The van der Waals surface area contributed by atoms with Crippen molar-refractivity contribution in [1.29, 1.82) is 0 Å². The van der Waals surface area contributed by atoms with Crippen LogP contribution in [0.15, 0.2) is 24.3 Å². The number of carbonyl (C=O) groups excluding carboxylic acids is 1. The van der Waals surface area contributed by atoms with Gasteiger partial charge in [0.05, 0.1) is 0 Å². The summed E-state index contributed by atoms with van der Waals surface area (Å²) in [5.41, 5.74) is 2.60. The largest absolute Gasteiger partial charge is 0.369 e. The van der Waals surface area contributed by atoms with Gasteiger partial charge >= 0.3 is 0 Å². The van der Waals surface area contributed by atoms with Gasteiger partial charge in [-0.05, 0) is 44.4 Å². The predicted octanol–water partition coefficient (Wildman–Crippen LogP) is 3.33. The number of carbonyl (C=O) groups is 1. The van der Waals surface area contributed by atoms with E-state index in [-0.39, 0.29) is 0 Å². The number of rotatable bonds is 3. The summed E-state index contributed by atoms with van der Waals surface area (Å²) in [6.45, 7) is 5.34. The minimum atomic E-state index is 0.432. The fourth-order valence-electron chi connectivity index (χ4n) is 2.69. The third-order valence-electron chi connectivity index (χ3n) is 3.63. The van der Waals surface area contributed by atoms with Crippen LogP contribution >= 0.6 is 0 Å². The van der Waals surface area contributed by atoms with Crippen molar-refractivity contribution < 1.29 is 4.79 Å². The van der Waals surface area contributed by atoms with Crippen LogP contribution in [-0.4, -0.2) is 18.4 Å². The minimum Gasteiger partial charge on any atom is -0.369 e. The fourth-order valence-corrected chi connectivity index (χ4v) is 2.69. The van der Waals surface area contributed by atoms with Gasteiger partial charge in [0.25, 0.3) is 0 Å². The van der Waals surface area contributed by atoms with Gasteiger partial charge in [0, 0.05) is 31.1 Å². The third kappa shape index (κ3) is 2.87. The fraction of sp³-hybridized carbons (Fsp3) is 0.533. The second kappa shape index (κ2) is 5.35. The molecular weight excluding hydrogens is 210 g/mol. The molecule has 0 aromatic heterocycles. The number of nitrogens with zero attached hydrogens (tertiary/aromatic N) is 1. The van der Waals surface area contributed by atoms with E-state index >= 15 is 0 Å². The average molecular weight is 231 g/mol. The van der Waals surface area contributed by atoms with Gasteiger partial charge in [-0.1, -0.05) is 12.1 Å². The Bertz CT molecular complexity index is 390. The Morgan fingerprint density at radius 3 is 2.59 bits per heavy atom. The zero-order valence-electron chi connectivity index (χ0n) is 10.8. The van der Waals surface area contributed by atoms with E-state index in [1.165, 1.54) is 11.3 Å². The van der Waals surface area contributed by atoms with E-state index in [1.54, 1.807) is 0 Å². The zero-order chi connectivity index (χ0) is 12.3. The molecule has 0 saturated heterocycles. The lowest BCUT2D eigenvalue weighted by Crippen LogP contribution is -2.38. The first-order chi connectivity index (χ1) is 8.20. The van der Waals surface area contributed by atoms with Gasteiger partial charge < -0.3 is 4.90 Å². The van der Waals surface area contributed by atoms with E-state index in [1.807, 2.05) is 0 Å². The highest BCUT2D eigenvalue weighted by Crippen LogP contribution is 2.26. The maximum Gasteiger partial charge on any atom is 0.133 e. The SMILES string of the molecule is CCN(c1cccc(C)c1)C1CCC(=O)CC1. The first kappa shape index (κ1) is 12.2. The first-order valence-electron chi connectivity index (χ1n) is 6.55. The van der Waals surface area contributed by atoms with Crippen LogP contribution in [-0.2, 0) is 4.79 Å². The lowest BCUT2D eigenvalue weighted by molar-refractivity contribution is -0.120. The molecule has 1 aromatic carbocycles. The minimum absolute atomic E-state index is 0.432. The molecule has 0 unspecified atom stereocenters. The quantitative estimate of drug-likeness (QED) is 0.795. The molecule has 1 aromatic rings. The van der Waals surface area contributed by atoms with Crippen molar-refractivity contribution in [3.05, 3.63) is 29.8 Å². The molecule has 2 nitrogen and oxygen atoms in total. The summed E-state index contributed by atoms with van der Waals surface area (Å²) in [5.74, 6) is 0.432. The van der Waals surface area contributed by atoms with Crippen molar-refractivity contribution >= 4 is 11.5 Å². The summed E-state index contributed by atoms with van der Waals surface area (Å²) in [4.78, 5) is 13.7. The molecule has 2 rings (SSSR count). The monoisotopic (exact) mass is 231 g/mol. The molecule has 0 spiro atoms. The molecule has 1 fully saturated rings. The molecule has 0 aliphatic heterocycles. The highest BCUT2D eigenvalue weighted by molar-refractivity contribution is 5.79. The standard InChI is InChI=1S/C15H21NO/c1-3-16(13-7-9-15(17)10-8-13)14-6-4-5-12(2)11-14/h4-6,11,13H,3,7-10H2,1-2H3. The van der Waals surface area contributed by atoms with Gasteiger partial charge in [-0.15, -0.1) is 0 Å². The molecule has 2 heteroatoms. The smallest absolute Gasteiger partial charge is 0.133 e. The van der Waals surface area contributed by atoms with Gasteiger partial charge in [-0.3, -0.25) is 4.79 Å². The molecule has 0 amide bonds. The van der Waals surface area contributed by atoms with Crippen LogP contribution in [0.3, 0.4) is 0 Å². The number of hydrogen-bond acceptors (Lipinski definition) is 2. The van der Waals surface area contributed by atoms with E-state index in [9.17, 15) is 4.79 Å². The molecule has 1 saturated carbocycles. The van der Waals surface area contributed by atoms with Crippen molar-refractivity contribution in [2.45, 2.75) is 45.6 Å². The maximum atomic E-state index is 11.3. The summed E-state index contributed by atoms with van der Waals surface area (Å²) < 4.78 is 0. The van der Waals surface area contributed by atoms with E-state index in [2.05, 4.69) is 43.0 Å². The molecule has 0 N–H and O–H groups in total. The summed E-state index contributed by atoms with van der Waals surface area (Å²) in [5, 5.41) is 0. The molecule has 0 heterocycles. The van der Waals surface area contributed by atoms with Gasteiger partial charge in [0.15, 0.2) is 0 Å². The lowest BCUT2D eigenvalue weighted by Gasteiger charge is -2.35. The Labute approximate surface area is 104 Å². The molecule has 1 aliphatic carbocycles. The van der Waals surface area contributed by atoms with Crippen LogP contribution in [0.1, 0.15) is 38.2 Å². The number of aryl methyl sites for hydroxylation is 1. The summed E-state index contributed by atoms with van der Waals surface area (Å²) in [6, 6.07) is 9.19. The first-order valence-corrected chi connectivity index (χ1v) is 6.55. The van der Waals surface area contributed by atoms with Gasteiger partial charge in [-0.25, -0.2) is 0 Å². The summed E-state index contributed by atoms with van der Waals surface area (Å²) >= 11 is 0. The second-order valence-corrected chi connectivity index (χ2v) is 4.89. The highest BCUT2D eigenvalue weighted by atomic mass is 16.1. The zero-order valence-corrected chi connectivity index (χ0v) is 10.8. The Hall–Kier alpha value is -1.31. The van der Waals surface area contributed by atoms with Crippen LogP contribution in [0, 0.1) is 6.92 Å². The molecule has 0 radical (unpaired) electrons. The van der Waals surface area contributed by atoms with Crippen molar-refractivity contribution in [2.75, 3.05) is 11.4 Å². The van der Waals surface area contributed by atoms with Crippen molar-refractivity contribution in [2.24, 2.45) is 0 Å². The number of benzene rings is 1. The van der Waals surface area contributed by atoms with Gasteiger partial charge in [-0.2, -0.15) is 0 Å². The number of Topliss-reactive ketones (excluding diaryl/α,β-unsaturated/α-hetero) is 1. The van der Waals surface area contributed by atoms with Crippen LogP contribution in [0.5, 0.6) is 0 Å². The van der Waals surface area contributed by atoms with Crippen molar-refractivity contribution in [3.63, 3.8) is 0 Å².